The predicted molar refractivity (Wildman–Crippen MR) is 113 cm³/mol. The molecule has 0 amide bonds. The normalized spacial score (nSPS) is 16.7. The number of hydrogen-bond acceptors (Lipinski definition) is 5. The van der Waals surface area contributed by atoms with Crippen LogP contribution in [-0.2, 0) is 0 Å². The number of benzene rings is 1. The van der Waals surface area contributed by atoms with E-state index < -0.39 is 5.60 Å². The number of piperidine rings is 1. The molecular weight excluding hydrogens is 406 g/mol. The largest absolute Gasteiger partial charge is 0.397 e. The summed E-state index contributed by atoms with van der Waals surface area (Å²) in [5.41, 5.74) is 7.41. The highest BCUT2D eigenvalue weighted by molar-refractivity contribution is 9.10. The van der Waals surface area contributed by atoms with E-state index in [1.807, 2.05) is 26.0 Å². The number of β-amino-alcohol motifs (C(OH)–C–C–N with tert-alkyl or cyclic N) is 1. The molecule has 146 valence electrons. The van der Waals surface area contributed by atoms with Gasteiger partial charge in [0.25, 0.3) is 0 Å². The number of nitrogens with zero attached hydrogens (tertiary/aromatic N) is 2. The van der Waals surface area contributed by atoms with Gasteiger partial charge in [0.15, 0.2) is 5.78 Å². The second-order valence-corrected chi connectivity index (χ2v) is 9.07. The summed E-state index contributed by atoms with van der Waals surface area (Å²) in [7, 11) is 0. The molecule has 2 heterocycles. The van der Waals surface area contributed by atoms with Crippen LogP contribution in [0.5, 0.6) is 0 Å². The van der Waals surface area contributed by atoms with Gasteiger partial charge in [-0.3, -0.25) is 9.78 Å². The first-order valence-corrected chi connectivity index (χ1v) is 10.3. The molecule has 2 aromatic rings. The standard InChI is InChI=1S/C21H28BrN3O2/c1-21(2,27)13-25-10-7-14(8-11-25)5-6-18(26)16-12-17(22)19(23)15-4-3-9-24-20(15)16/h3-4,9,12,14,27H,5-8,10-11,13,23H2,1-2H3. The molecular formula is C21H28BrN3O2. The number of aromatic nitrogens is 1. The van der Waals surface area contributed by atoms with Crippen LogP contribution in [0, 0.1) is 5.92 Å². The maximum atomic E-state index is 12.9. The van der Waals surface area contributed by atoms with Crippen LogP contribution in [0.25, 0.3) is 10.9 Å². The number of pyridine rings is 1. The summed E-state index contributed by atoms with van der Waals surface area (Å²) in [6, 6.07) is 5.54. The van der Waals surface area contributed by atoms with E-state index in [2.05, 4.69) is 25.8 Å². The number of hydrogen-bond donors (Lipinski definition) is 2. The zero-order chi connectivity index (χ0) is 19.6. The van der Waals surface area contributed by atoms with Gasteiger partial charge in [-0.1, -0.05) is 0 Å². The fourth-order valence-electron chi connectivity index (χ4n) is 3.90. The molecule has 1 aliphatic rings. The smallest absolute Gasteiger partial charge is 0.165 e. The van der Waals surface area contributed by atoms with Crippen LogP contribution in [0.2, 0.25) is 0 Å². The second-order valence-electron chi connectivity index (χ2n) is 8.21. The predicted octanol–water partition coefficient (Wildman–Crippen LogP) is 4.03. The Labute approximate surface area is 169 Å². The number of aliphatic hydroxyl groups is 1. The van der Waals surface area contributed by atoms with Crippen LogP contribution in [0.15, 0.2) is 28.9 Å². The van der Waals surface area contributed by atoms with Gasteiger partial charge in [-0.15, -0.1) is 0 Å². The van der Waals surface area contributed by atoms with Crippen LogP contribution >= 0.6 is 15.9 Å². The van der Waals surface area contributed by atoms with E-state index in [1.54, 1.807) is 12.3 Å². The Morgan fingerprint density at radius 3 is 2.78 bits per heavy atom. The van der Waals surface area contributed by atoms with Crippen LogP contribution in [0.4, 0.5) is 5.69 Å². The van der Waals surface area contributed by atoms with Gasteiger partial charge >= 0.3 is 0 Å². The molecule has 1 aromatic carbocycles. The molecule has 1 fully saturated rings. The summed E-state index contributed by atoms with van der Waals surface area (Å²) in [6.45, 7) is 6.37. The van der Waals surface area contributed by atoms with Crippen molar-refractivity contribution in [3.63, 3.8) is 0 Å². The van der Waals surface area contributed by atoms with E-state index in [9.17, 15) is 9.90 Å². The van der Waals surface area contributed by atoms with E-state index in [4.69, 9.17) is 5.73 Å². The van der Waals surface area contributed by atoms with Crippen LogP contribution in [-0.4, -0.2) is 46.0 Å². The lowest BCUT2D eigenvalue weighted by Crippen LogP contribution is -2.42. The quantitative estimate of drug-likeness (QED) is 0.530. The molecule has 3 rings (SSSR count). The van der Waals surface area contributed by atoms with Gasteiger partial charge in [-0.2, -0.15) is 0 Å². The SMILES string of the molecule is CC(C)(O)CN1CCC(CCC(=O)c2cc(Br)c(N)c3cccnc23)CC1. The summed E-state index contributed by atoms with van der Waals surface area (Å²) in [5, 5.41) is 10.8. The number of nitrogens with two attached hydrogens (primary N) is 1. The Kier molecular flexibility index (Phi) is 6.18. The number of halogens is 1. The summed E-state index contributed by atoms with van der Waals surface area (Å²) in [4.78, 5) is 19.6. The van der Waals surface area contributed by atoms with Gasteiger partial charge in [0.05, 0.1) is 16.8 Å². The number of ketones is 1. The molecule has 0 spiro atoms. The fraction of sp³-hybridized carbons (Fsp3) is 0.524. The van der Waals surface area contributed by atoms with Gasteiger partial charge in [0.2, 0.25) is 0 Å². The third-order valence-electron chi connectivity index (χ3n) is 5.28. The van der Waals surface area contributed by atoms with Crippen molar-refractivity contribution in [2.45, 2.75) is 45.1 Å². The van der Waals surface area contributed by atoms with Crippen molar-refractivity contribution in [3.8, 4) is 0 Å². The molecule has 6 heteroatoms. The molecule has 0 atom stereocenters. The Hall–Kier alpha value is -1.50. The molecule has 27 heavy (non-hydrogen) atoms. The molecule has 1 aliphatic heterocycles. The van der Waals surface area contributed by atoms with Crippen molar-refractivity contribution in [1.29, 1.82) is 0 Å². The van der Waals surface area contributed by atoms with Gasteiger partial charge in [-0.05, 0) is 86.2 Å². The van der Waals surface area contributed by atoms with E-state index >= 15 is 0 Å². The highest BCUT2D eigenvalue weighted by Gasteiger charge is 2.25. The number of anilines is 1. The molecule has 1 saturated heterocycles. The average Bonchev–Trinajstić information content (AvgIpc) is 2.62. The zero-order valence-electron chi connectivity index (χ0n) is 16.0. The molecule has 5 nitrogen and oxygen atoms in total. The molecule has 0 bridgehead atoms. The second kappa shape index (κ2) is 8.25. The van der Waals surface area contributed by atoms with Crippen molar-refractivity contribution >= 4 is 38.3 Å². The third kappa shape index (κ3) is 5.06. The summed E-state index contributed by atoms with van der Waals surface area (Å²) >= 11 is 3.46. The molecule has 0 unspecified atom stereocenters. The number of carbonyl (C=O) groups is 1. The molecule has 0 aliphatic carbocycles. The maximum Gasteiger partial charge on any atom is 0.165 e. The van der Waals surface area contributed by atoms with Crippen molar-refractivity contribution < 1.29 is 9.90 Å². The zero-order valence-corrected chi connectivity index (χ0v) is 17.6. The van der Waals surface area contributed by atoms with E-state index in [1.165, 1.54) is 0 Å². The summed E-state index contributed by atoms with van der Waals surface area (Å²) in [6.07, 6.45) is 5.27. The lowest BCUT2D eigenvalue weighted by Gasteiger charge is -2.35. The van der Waals surface area contributed by atoms with Gasteiger partial charge in [0, 0.05) is 34.6 Å². The van der Waals surface area contributed by atoms with Crippen molar-refractivity contribution in [2.24, 2.45) is 5.92 Å². The number of Topliss-reactive ketones (excluding diaryl/α,β-unsaturated/α-hetero) is 1. The Bertz CT molecular complexity index is 824. The van der Waals surface area contributed by atoms with Gasteiger partial charge in [0.1, 0.15) is 0 Å². The first kappa shape index (κ1) is 20.2. The van der Waals surface area contributed by atoms with Crippen molar-refractivity contribution in [3.05, 3.63) is 34.4 Å². The number of likely N-dealkylation sites (tertiary alicyclic amines) is 1. The van der Waals surface area contributed by atoms with Crippen LogP contribution in [0.1, 0.15) is 49.9 Å². The van der Waals surface area contributed by atoms with Crippen molar-refractivity contribution in [1.82, 2.24) is 9.88 Å². The average molecular weight is 434 g/mol. The van der Waals surface area contributed by atoms with Crippen LogP contribution in [0.3, 0.4) is 0 Å². The lowest BCUT2D eigenvalue weighted by atomic mass is 9.89. The third-order valence-corrected chi connectivity index (χ3v) is 5.94. The summed E-state index contributed by atoms with van der Waals surface area (Å²) in [5.74, 6) is 0.682. The highest BCUT2D eigenvalue weighted by Crippen LogP contribution is 2.32. The maximum absolute atomic E-state index is 12.9. The van der Waals surface area contributed by atoms with Crippen molar-refractivity contribution in [2.75, 3.05) is 25.4 Å². The number of carbonyl (C=O) groups excluding carboxylic acids is 1. The Balaban J connectivity index is 1.61. The number of fused-ring (bicyclic) bond motifs is 1. The van der Waals surface area contributed by atoms with Crippen LogP contribution < -0.4 is 5.73 Å². The monoisotopic (exact) mass is 433 g/mol. The molecule has 3 N–H and O–H groups in total. The number of nitrogen functional groups attached to an aromatic ring is 1. The Morgan fingerprint density at radius 1 is 1.41 bits per heavy atom. The minimum atomic E-state index is -0.653. The van der Waals surface area contributed by atoms with Gasteiger partial charge < -0.3 is 15.7 Å². The summed E-state index contributed by atoms with van der Waals surface area (Å²) < 4.78 is 0.742. The molecule has 0 saturated carbocycles. The fourth-order valence-corrected chi connectivity index (χ4v) is 4.34. The first-order chi connectivity index (χ1) is 12.7. The number of rotatable bonds is 6. The van der Waals surface area contributed by atoms with E-state index in [-0.39, 0.29) is 5.78 Å². The topological polar surface area (TPSA) is 79.5 Å². The highest BCUT2D eigenvalue weighted by atomic mass is 79.9. The Morgan fingerprint density at radius 2 is 2.11 bits per heavy atom. The minimum Gasteiger partial charge on any atom is -0.397 e. The lowest BCUT2D eigenvalue weighted by molar-refractivity contribution is 0.0239. The minimum absolute atomic E-state index is 0.123. The van der Waals surface area contributed by atoms with Gasteiger partial charge in [-0.25, -0.2) is 0 Å². The first-order valence-electron chi connectivity index (χ1n) is 9.55. The molecule has 1 aromatic heterocycles. The molecule has 0 radical (unpaired) electrons. The van der Waals surface area contributed by atoms with E-state index in [0.717, 1.165) is 42.2 Å². The van der Waals surface area contributed by atoms with E-state index in [0.29, 0.717) is 35.7 Å².